The van der Waals surface area contributed by atoms with Gasteiger partial charge in [0.2, 0.25) is 5.91 Å². The minimum atomic E-state index is -0.0369. The molecule has 0 atom stereocenters. The van der Waals surface area contributed by atoms with E-state index in [-0.39, 0.29) is 5.91 Å². The minimum Gasteiger partial charge on any atom is -0.376 e. The Morgan fingerprint density at radius 1 is 1.25 bits per heavy atom. The lowest BCUT2D eigenvalue weighted by molar-refractivity contribution is -0.115. The highest BCUT2D eigenvalue weighted by Crippen LogP contribution is 2.24. The minimum absolute atomic E-state index is 0.0369. The first kappa shape index (κ1) is 16.1. The SMILES string of the molecule is CCn1cc(CC(=O)Nc2cnccc2N(C)C)c2ccccc21. The summed E-state index contributed by atoms with van der Waals surface area (Å²) in [6.07, 6.45) is 5.82. The molecule has 3 rings (SSSR count). The Morgan fingerprint density at radius 2 is 2.04 bits per heavy atom. The Morgan fingerprint density at radius 3 is 2.79 bits per heavy atom. The average molecular weight is 322 g/mol. The first-order valence-corrected chi connectivity index (χ1v) is 8.08. The molecule has 5 heteroatoms. The molecular weight excluding hydrogens is 300 g/mol. The first-order chi connectivity index (χ1) is 11.6. The largest absolute Gasteiger partial charge is 0.376 e. The van der Waals surface area contributed by atoms with E-state index in [2.05, 4.69) is 40.1 Å². The number of nitrogens with one attached hydrogen (secondary N) is 1. The number of fused-ring (bicyclic) bond motifs is 1. The number of carbonyl (C=O) groups is 1. The van der Waals surface area contributed by atoms with Crippen LogP contribution >= 0.6 is 0 Å². The van der Waals surface area contributed by atoms with Crippen LogP contribution in [0.5, 0.6) is 0 Å². The predicted molar refractivity (Wildman–Crippen MR) is 98.5 cm³/mol. The summed E-state index contributed by atoms with van der Waals surface area (Å²) in [5.41, 5.74) is 3.87. The number of aromatic nitrogens is 2. The predicted octanol–water partition coefficient (Wildman–Crippen LogP) is 3.30. The van der Waals surface area contributed by atoms with Crippen LogP contribution in [0.3, 0.4) is 0 Å². The van der Waals surface area contributed by atoms with E-state index in [1.807, 2.05) is 37.2 Å². The maximum Gasteiger partial charge on any atom is 0.228 e. The van der Waals surface area contributed by atoms with Gasteiger partial charge in [-0.25, -0.2) is 0 Å². The first-order valence-electron chi connectivity index (χ1n) is 8.08. The molecule has 2 heterocycles. The van der Waals surface area contributed by atoms with Crippen molar-refractivity contribution in [2.75, 3.05) is 24.3 Å². The van der Waals surface area contributed by atoms with Gasteiger partial charge in [-0.15, -0.1) is 0 Å². The number of hydrogen-bond acceptors (Lipinski definition) is 3. The summed E-state index contributed by atoms with van der Waals surface area (Å²) in [5.74, 6) is -0.0369. The van der Waals surface area contributed by atoms with Gasteiger partial charge in [0.05, 0.1) is 24.0 Å². The Kier molecular flexibility index (Phi) is 4.51. The number of pyridine rings is 1. The molecule has 2 aromatic heterocycles. The van der Waals surface area contributed by atoms with Crippen LogP contribution < -0.4 is 10.2 Å². The molecule has 1 N–H and O–H groups in total. The van der Waals surface area contributed by atoms with Crippen molar-refractivity contribution in [3.8, 4) is 0 Å². The number of anilines is 2. The third kappa shape index (κ3) is 3.11. The molecule has 0 radical (unpaired) electrons. The number of para-hydroxylation sites is 1. The molecule has 1 aromatic carbocycles. The van der Waals surface area contributed by atoms with Crippen molar-refractivity contribution in [2.45, 2.75) is 19.9 Å². The number of carbonyl (C=O) groups excluding carboxylic acids is 1. The van der Waals surface area contributed by atoms with Crippen molar-refractivity contribution >= 4 is 28.2 Å². The normalized spacial score (nSPS) is 10.8. The number of aryl methyl sites for hydroxylation is 1. The maximum absolute atomic E-state index is 12.5. The van der Waals surface area contributed by atoms with Crippen LogP contribution in [-0.4, -0.2) is 29.6 Å². The topological polar surface area (TPSA) is 50.2 Å². The summed E-state index contributed by atoms with van der Waals surface area (Å²) in [6, 6.07) is 10.1. The summed E-state index contributed by atoms with van der Waals surface area (Å²) in [7, 11) is 3.89. The highest BCUT2D eigenvalue weighted by Gasteiger charge is 2.13. The molecule has 5 nitrogen and oxygen atoms in total. The van der Waals surface area contributed by atoms with Gasteiger partial charge in [-0.2, -0.15) is 0 Å². The molecule has 0 aliphatic carbocycles. The van der Waals surface area contributed by atoms with E-state index >= 15 is 0 Å². The molecule has 0 aliphatic heterocycles. The lowest BCUT2D eigenvalue weighted by atomic mass is 10.1. The van der Waals surface area contributed by atoms with Crippen LogP contribution in [0.2, 0.25) is 0 Å². The third-order valence-corrected chi connectivity index (χ3v) is 4.12. The Labute approximate surface area is 141 Å². The Balaban J connectivity index is 1.84. The standard InChI is InChI=1S/C19H22N4O/c1-4-23-13-14(15-7-5-6-8-17(15)23)11-19(24)21-16-12-20-10-9-18(16)22(2)3/h5-10,12-13H,4,11H2,1-3H3,(H,21,24). The molecule has 124 valence electrons. The summed E-state index contributed by atoms with van der Waals surface area (Å²) in [5, 5.41) is 4.11. The number of amides is 1. The Hall–Kier alpha value is -2.82. The van der Waals surface area contributed by atoms with Crippen LogP contribution in [0, 0.1) is 0 Å². The van der Waals surface area contributed by atoms with E-state index in [9.17, 15) is 4.79 Å². The van der Waals surface area contributed by atoms with Gasteiger partial charge < -0.3 is 14.8 Å². The second kappa shape index (κ2) is 6.74. The summed E-state index contributed by atoms with van der Waals surface area (Å²) in [6.45, 7) is 2.99. The van der Waals surface area contributed by atoms with Crippen LogP contribution in [0.4, 0.5) is 11.4 Å². The molecule has 1 amide bonds. The van der Waals surface area contributed by atoms with E-state index in [1.54, 1.807) is 12.4 Å². The molecule has 0 spiro atoms. The molecule has 0 bridgehead atoms. The molecule has 3 aromatic rings. The fraction of sp³-hybridized carbons (Fsp3) is 0.263. The van der Waals surface area contributed by atoms with E-state index in [0.29, 0.717) is 6.42 Å². The van der Waals surface area contributed by atoms with E-state index < -0.39 is 0 Å². The van der Waals surface area contributed by atoms with Gasteiger partial charge in [0.25, 0.3) is 0 Å². The van der Waals surface area contributed by atoms with Crippen LogP contribution in [0.1, 0.15) is 12.5 Å². The molecule has 0 fully saturated rings. The van der Waals surface area contributed by atoms with Gasteiger partial charge >= 0.3 is 0 Å². The van der Waals surface area contributed by atoms with E-state index in [4.69, 9.17) is 0 Å². The summed E-state index contributed by atoms with van der Waals surface area (Å²) >= 11 is 0. The summed E-state index contributed by atoms with van der Waals surface area (Å²) in [4.78, 5) is 18.6. The average Bonchev–Trinajstić information content (AvgIpc) is 2.93. The highest BCUT2D eigenvalue weighted by atomic mass is 16.1. The van der Waals surface area contributed by atoms with E-state index in [1.165, 1.54) is 0 Å². The van der Waals surface area contributed by atoms with Gasteiger partial charge in [0.15, 0.2) is 0 Å². The van der Waals surface area contributed by atoms with Crippen molar-refractivity contribution in [2.24, 2.45) is 0 Å². The quantitative estimate of drug-likeness (QED) is 0.784. The zero-order chi connectivity index (χ0) is 17.1. The van der Waals surface area contributed by atoms with Gasteiger partial charge in [-0.1, -0.05) is 18.2 Å². The number of hydrogen-bond donors (Lipinski definition) is 1. The van der Waals surface area contributed by atoms with Crippen molar-refractivity contribution in [1.29, 1.82) is 0 Å². The summed E-state index contributed by atoms with van der Waals surface area (Å²) < 4.78 is 2.17. The molecule has 24 heavy (non-hydrogen) atoms. The number of nitrogens with zero attached hydrogens (tertiary/aromatic N) is 3. The monoisotopic (exact) mass is 322 g/mol. The fourth-order valence-corrected chi connectivity index (χ4v) is 2.97. The zero-order valence-corrected chi connectivity index (χ0v) is 14.3. The lowest BCUT2D eigenvalue weighted by Crippen LogP contribution is -2.18. The molecule has 0 saturated carbocycles. The van der Waals surface area contributed by atoms with Crippen LogP contribution in [0.25, 0.3) is 10.9 Å². The van der Waals surface area contributed by atoms with Crippen molar-refractivity contribution in [3.05, 3.63) is 54.5 Å². The lowest BCUT2D eigenvalue weighted by Gasteiger charge is -2.17. The van der Waals surface area contributed by atoms with Gasteiger partial charge in [0.1, 0.15) is 0 Å². The molecule has 0 unspecified atom stereocenters. The van der Waals surface area contributed by atoms with Gasteiger partial charge in [-0.05, 0) is 24.6 Å². The highest BCUT2D eigenvalue weighted by molar-refractivity contribution is 5.98. The van der Waals surface area contributed by atoms with Crippen molar-refractivity contribution in [1.82, 2.24) is 9.55 Å². The van der Waals surface area contributed by atoms with Crippen molar-refractivity contribution in [3.63, 3.8) is 0 Å². The van der Waals surface area contributed by atoms with E-state index in [0.717, 1.165) is 34.4 Å². The van der Waals surface area contributed by atoms with Gasteiger partial charge in [0, 0.05) is 43.9 Å². The molecular formula is C19H22N4O. The van der Waals surface area contributed by atoms with Crippen LogP contribution in [0.15, 0.2) is 48.9 Å². The van der Waals surface area contributed by atoms with Crippen LogP contribution in [-0.2, 0) is 17.8 Å². The van der Waals surface area contributed by atoms with Crippen molar-refractivity contribution < 1.29 is 4.79 Å². The Bertz CT molecular complexity index is 867. The second-order valence-electron chi connectivity index (χ2n) is 5.97. The maximum atomic E-state index is 12.5. The second-order valence-corrected chi connectivity index (χ2v) is 5.97. The molecule has 0 saturated heterocycles. The number of benzene rings is 1. The zero-order valence-electron chi connectivity index (χ0n) is 14.3. The third-order valence-electron chi connectivity index (χ3n) is 4.12. The van der Waals surface area contributed by atoms with Gasteiger partial charge in [-0.3, -0.25) is 9.78 Å². The number of rotatable bonds is 5. The fourth-order valence-electron chi connectivity index (χ4n) is 2.97. The molecule has 0 aliphatic rings. The smallest absolute Gasteiger partial charge is 0.228 e.